The zero-order chi connectivity index (χ0) is 26.3. The van der Waals surface area contributed by atoms with Gasteiger partial charge in [-0.05, 0) is 42.7 Å². The molecule has 4 heterocycles. The number of fused-ring (bicyclic) bond motifs is 2. The molecule has 38 heavy (non-hydrogen) atoms. The Labute approximate surface area is 224 Å². The first-order valence-electron chi connectivity index (χ1n) is 12.4. The van der Waals surface area contributed by atoms with Gasteiger partial charge in [0.1, 0.15) is 5.65 Å². The second-order valence-electron chi connectivity index (χ2n) is 9.46. The number of hydrogen-bond acceptors (Lipinski definition) is 6. The second kappa shape index (κ2) is 9.94. The van der Waals surface area contributed by atoms with Gasteiger partial charge in [-0.2, -0.15) is 0 Å². The Bertz CT molecular complexity index is 1830. The normalized spacial score (nSPS) is 14.8. The highest BCUT2D eigenvalue weighted by Gasteiger charge is 2.28. The van der Waals surface area contributed by atoms with Crippen molar-refractivity contribution in [3.05, 3.63) is 93.9 Å². The van der Waals surface area contributed by atoms with Crippen molar-refractivity contribution in [3.63, 3.8) is 0 Å². The number of sulfone groups is 1. The van der Waals surface area contributed by atoms with Gasteiger partial charge >= 0.3 is 0 Å². The first-order valence-corrected chi connectivity index (χ1v) is 14.4. The summed E-state index contributed by atoms with van der Waals surface area (Å²) in [5.74, 6) is -0.250. The average molecular weight is 546 g/mol. The van der Waals surface area contributed by atoms with Crippen molar-refractivity contribution >= 4 is 43.4 Å². The number of aromatic amines is 1. The summed E-state index contributed by atoms with van der Waals surface area (Å²) in [6, 6.07) is 20.4. The number of H-pyrrole nitrogens is 1. The van der Waals surface area contributed by atoms with E-state index in [-0.39, 0.29) is 11.2 Å². The predicted molar refractivity (Wildman–Crippen MR) is 150 cm³/mol. The topological polar surface area (TPSA) is 102 Å². The van der Waals surface area contributed by atoms with Crippen molar-refractivity contribution in [3.8, 4) is 22.4 Å². The van der Waals surface area contributed by atoms with Crippen LogP contribution in [0.25, 0.3) is 44.3 Å². The van der Waals surface area contributed by atoms with E-state index in [9.17, 15) is 13.2 Å². The average Bonchev–Trinajstić information content (AvgIpc) is 2.93. The van der Waals surface area contributed by atoms with Crippen LogP contribution in [0, 0.1) is 0 Å². The number of rotatable bonds is 5. The fourth-order valence-electron chi connectivity index (χ4n) is 5.01. The van der Waals surface area contributed by atoms with Crippen molar-refractivity contribution in [2.24, 2.45) is 0 Å². The van der Waals surface area contributed by atoms with Crippen molar-refractivity contribution in [1.82, 2.24) is 15.0 Å². The standard InChI is InChI=1S/C29H24ClN3O4S/c30-25-14-20(13-19-7-4-10-31-28(19)25)23-16-24-26(34)15-21(17-38(35,36)22-8-11-37-12-9-22)32-29(24)33-27(23)18-5-2-1-3-6-18/h1-7,10,13-16,22H,8-9,11-12,17H2,(H,32,33,34). The molecule has 2 aromatic carbocycles. The highest BCUT2D eigenvalue weighted by molar-refractivity contribution is 7.91. The molecule has 5 aromatic rings. The molecule has 0 unspecified atom stereocenters. The maximum atomic E-state index is 13.3. The lowest BCUT2D eigenvalue weighted by molar-refractivity contribution is 0.0983. The van der Waals surface area contributed by atoms with Crippen LogP contribution in [0.2, 0.25) is 5.02 Å². The summed E-state index contributed by atoms with van der Waals surface area (Å²) in [6.07, 6.45) is 2.62. The van der Waals surface area contributed by atoms with Crippen LogP contribution in [0.3, 0.4) is 0 Å². The van der Waals surface area contributed by atoms with Gasteiger partial charge in [0.05, 0.1) is 32.6 Å². The van der Waals surface area contributed by atoms with Gasteiger partial charge in [-0.15, -0.1) is 0 Å². The molecule has 0 atom stereocenters. The van der Waals surface area contributed by atoms with Gasteiger partial charge in [0, 0.05) is 47.7 Å². The molecule has 1 saturated heterocycles. The van der Waals surface area contributed by atoms with Crippen LogP contribution in [0.5, 0.6) is 0 Å². The minimum atomic E-state index is -3.46. The van der Waals surface area contributed by atoms with Gasteiger partial charge in [-0.25, -0.2) is 13.4 Å². The van der Waals surface area contributed by atoms with E-state index >= 15 is 0 Å². The molecule has 192 valence electrons. The molecule has 0 amide bonds. The molecular formula is C29H24ClN3O4S. The lowest BCUT2D eigenvalue weighted by Crippen LogP contribution is -2.30. The third-order valence-corrected chi connectivity index (χ3v) is 9.41. The molecule has 0 saturated carbocycles. The lowest BCUT2D eigenvalue weighted by Gasteiger charge is -2.22. The minimum Gasteiger partial charge on any atom is -0.381 e. The van der Waals surface area contributed by atoms with Gasteiger partial charge in [0.25, 0.3) is 0 Å². The van der Waals surface area contributed by atoms with E-state index in [0.29, 0.717) is 59.0 Å². The molecule has 0 spiro atoms. The van der Waals surface area contributed by atoms with E-state index < -0.39 is 15.1 Å². The summed E-state index contributed by atoms with van der Waals surface area (Å²) in [7, 11) is -3.46. The minimum absolute atomic E-state index is 0.250. The molecule has 1 aliphatic rings. The maximum absolute atomic E-state index is 13.3. The molecule has 0 radical (unpaired) electrons. The van der Waals surface area contributed by atoms with E-state index in [1.807, 2.05) is 54.6 Å². The molecule has 3 aromatic heterocycles. The molecular weight excluding hydrogens is 522 g/mol. The number of pyridine rings is 3. The van der Waals surface area contributed by atoms with Crippen molar-refractivity contribution in [1.29, 1.82) is 0 Å². The Balaban J connectivity index is 1.51. The Morgan fingerprint density at radius 3 is 2.55 bits per heavy atom. The summed E-state index contributed by atoms with van der Waals surface area (Å²) in [5.41, 5.74) is 4.11. The van der Waals surface area contributed by atoms with Gasteiger partial charge in [-0.1, -0.05) is 48.0 Å². The molecule has 1 N–H and O–H groups in total. The SMILES string of the molecule is O=c1cc(CS(=O)(=O)C2CCOCC2)[nH]c2nc(-c3ccccc3)c(-c3cc(Cl)c4ncccc4c3)cc12. The van der Waals surface area contributed by atoms with Gasteiger partial charge in [0.2, 0.25) is 0 Å². The van der Waals surface area contributed by atoms with Crippen LogP contribution in [0.4, 0.5) is 0 Å². The zero-order valence-electron chi connectivity index (χ0n) is 20.4. The number of nitrogens with one attached hydrogen (secondary N) is 1. The van der Waals surface area contributed by atoms with Crippen molar-refractivity contribution < 1.29 is 13.2 Å². The summed E-state index contributed by atoms with van der Waals surface area (Å²) < 4.78 is 31.4. The van der Waals surface area contributed by atoms with Crippen LogP contribution < -0.4 is 5.43 Å². The molecule has 1 fully saturated rings. The molecule has 0 bridgehead atoms. The largest absolute Gasteiger partial charge is 0.381 e. The van der Waals surface area contributed by atoms with Crippen LogP contribution in [0.15, 0.2) is 77.7 Å². The summed E-state index contributed by atoms with van der Waals surface area (Å²) in [6.45, 7) is 0.857. The third-order valence-electron chi connectivity index (χ3n) is 6.92. The third kappa shape index (κ3) is 4.71. The van der Waals surface area contributed by atoms with E-state index in [0.717, 1.165) is 22.1 Å². The predicted octanol–water partition coefficient (Wildman–Crippen LogP) is 5.55. The van der Waals surface area contributed by atoms with E-state index in [1.54, 1.807) is 12.3 Å². The first kappa shape index (κ1) is 24.7. The molecule has 6 rings (SSSR count). The molecule has 0 aliphatic carbocycles. The monoisotopic (exact) mass is 545 g/mol. The molecule has 9 heteroatoms. The number of benzene rings is 2. The number of nitrogens with zero attached hydrogens (tertiary/aromatic N) is 2. The second-order valence-corrected chi connectivity index (χ2v) is 12.1. The van der Waals surface area contributed by atoms with Crippen molar-refractivity contribution in [2.45, 2.75) is 23.8 Å². The van der Waals surface area contributed by atoms with E-state index in [4.69, 9.17) is 21.3 Å². The Morgan fingerprint density at radius 1 is 0.974 bits per heavy atom. The Morgan fingerprint density at radius 2 is 1.76 bits per heavy atom. The highest BCUT2D eigenvalue weighted by Crippen LogP contribution is 2.36. The lowest BCUT2D eigenvalue weighted by atomic mass is 9.96. The van der Waals surface area contributed by atoms with E-state index in [1.165, 1.54) is 6.07 Å². The number of aromatic nitrogens is 3. The van der Waals surface area contributed by atoms with Crippen LogP contribution >= 0.6 is 11.6 Å². The van der Waals surface area contributed by atoms with Crippen LogP contribution in [0.1, 0.15) is 18.5 Å². The number of ether oxygens (including phenoxy) is 1. The van der Waals surface area contributed by atoms with E-state index in [2.05, 4.69) is 9.97 Å². The van der Waals surface area contributed by atoms with Gasteiger partial charge < -0.3 is 9.72 Å². The fourth-order valence-corrected chi connectivity index (χ4v) is 7.02. The highest BCUT2D eigenvalue weighted by atomic mass is 35.5. The number of halogens is 1. The Kier molecular flexibility index (Phi) is 6.47. The molecule has 1 aliphatic heterocycles. The quantitative estimate of drug-likeness (QED) is 0.310. The fraction of sp³-hybridized carbons (Fsp3) is 0.207. The van der Waals surface area contributed by atoms with Crippen LogP contribution in [-0.4, -0.2) is 41.8 Å². The zero-order valence-corrected chi connectivity index (χ0v) is 21.9. The smallest absolute Gasteiger partial charge is 0.191 e. The van der Waals surface area contributed by atoms with Gasteiger partial charge in [-0.3, -0.25) is 9.78 Å². The maximum Gasteiger partial charge on any atom is 0.191 e. The summed E-state index contributed by atoms with van der Waals surface area (Å²) in [5, 5.41) is 1.27. The molecule has 7 nitrogen and oxygen atoms in total. The van der Waals surface area contributed by atoms with Gasteiger partial charge in [0.15, 0.2) is 15.3 Å². The summed E-state index contributed by atoms with van der Waals surface area (Å²) >= 11 is 6.59. The van der Waals surface area contributed by atoms with Crippen LogP contribution in [-0.2, 0) is 20.3 Å². The number of hydrogen-bond donors (Lipinski definition) is 1. The Hall–Kier alpha value is -3.59. The van der Waals surface area contributed by atoms with Crippen molar-refractivity contribution in [2.75, 3.05) is 13.2 Å². The first-order chi connectivity index (χ1) is 18.4. The summed E-state index contributed by atoms with van der Waals surface area (Å²) in [4.78, 5) is 25.6.